The Morgan fingerprint density at radius 3 is 2.94 bits per heavy atom. The molecule has 1 aromatic carbocycles. The summed E-state index contributed by atoms with van der Waals surface area (Å²) in [5, 5.41) is 5.95. The van der Waals surface area contributed by atoms with Crippen LogP contribution in [0.2, 0.25) is 0 Å². The van der Waals surface area contributed by atoms with Gasteiger partial charge in [-0.1, -0.05) is 24.3 Å². The lowest BCUT2D eigenvalue weighted by atomic mass is 10.1. The molecule has 82 valence electrons. The smallest absolute Gasteiger partial charge is 0.0643 e. The summed E-state index contributed by atoms with van der Waals surface area (Å²) < 4.78 is 5.13. The first-order valence-electron chi connectivity index (χ1n) is 5.56. The fourth-order valence-corrected chi connectivity index (χ4v) is 1.93. The van der Waals surface area contributed by atoms with E-state index in [1.54, 1.807) is 0 Å². The van der Waals surface area contributed by atoms with Crippen LogP contribution in [0, 0.1) is 0 Å². The molecule has 0 bridgehead atoms. The summed E-state index contributed by atoms with van der Waals surface area (Å²) in [5.74, 6) is 0. The fourth-order valence-electron chi connectivity index (χ4n) is 1.93. The molecule has 1 aliphatic rings. The molecule has 16 heavy (non-hydrogen) atoms. The number of hydrogen-bond acceptors (Lipinski definition) is 3. The molecule has 3 nitrogen and oxygen atoms in total. The van der Waals surface area contributed by atoms with Crippen molar-refractivity contribution in [1.29, 1.82) is 0 Å². The molecule has 3 heteroatoms. The third-order valence-electron chi connectivity index (χ3n) is 2.97. The lowest BCUT2D eigenvalue weighted by molar-refractivity contribution is -0.00575. The molecule has 0 atom stereocenters. The van der Waals surface area contributed by atoms with Gasteiger partial charge in [-0.25, -0.2) is 0 Å². The van der Waals surface area contributed by atoms with Crippen molar-refractivity contribution < 1.29 is 4.74 Å². The van der Waals surface area contributed by atoms with Crippen molar-refractivity contribution in [3.63, 3.8) is 0 Å². The maximum absolute atomic E-state index is 5.13. The Morgan fingerprint density at radius 1 is 1.25 bits per heavy atom. The quantitative estimate of drug-likeness (QED) is 0.844. The van der Waals surface area contributed by atoms with Crippen molar-refractivity contribution in [3.05, 3.63) is 42.2 Å². The van der Waals surface area contributed by atoms with E-state index in [0.717, 1.165) is 19.8 Å². The minimum absolute atomic E-state index is 0.513. The Kier molecular flexibility index (Phi) is 2.56. The number of rotatable bonds is 3. The molecular formula is C13H14N2O. The lowest BCUT2D eigenvalue weighted by Crippen LogP contribution is -2.45. The topological polar surface area (TPSA) is 34.1 Å². The van der Waals surface area contributed by atoms with E-state index in [9.17, 15) is 0 Å². The van der Waals surface area contributed by atoms with E-state index in [1.807, 2.05) is 18.5 Å². The molecule has 0 spiro atoms. The summed E-state index contributed by atoms with van der Waals surface area (Å²) in [7, 11) is 0. The van der Waals surface area contributed by atoms with Crippen molar-refractivity contribution in [1.82, 2.24) is 10.3 Å². The third-order valence-corrected chi connectivity index (χ3v) is 2.97. The molecule has 0 aliphatic carbocycles. The maximum Gasteiger partial charge on any atom is 0.0643 e. The van der Waals surface area contributed by atoms with Crippen LogP contribution in [0.5, 0.6) is 0 Å². The Bertz CT molecular complexity index is 489. The van der Waals surface area contributed by atoms with E-state index in [2.05, 4.69) is 28.5 Å². The highest BCUT2D eigenvalue weighted by Gasteiger charge is 2.17. The summed E-state index contributed by atoms with van der Waals surface area (Å²) in [6, 6.07) is 8.86. The Hall–Kier alpha value is -1.45. The maximum atomic E-state index is 5.13. The predicted molar refractivity (Wildman–Crippen MR) is 63.2 cm³/mol. The molecule has 3 rings (SSSR count). The molecule has 1 aliphatic heterocycles. The molecule has 1 N–H and O–H groups in total. The standard InChI is InChI=1S/C13H14N2O/c1-2-4-13-10(3-1)5-14-6-11(13)7-15-12-8-16-9-12/h1-6,12,15H,7-9H2. The van der Waals surface area contributed by atoms with E-state index in [0.29, 0.717) is 6.04 Å². The Morgan fingerprint density at radius 2 is 2.12 bits per heavy atom. The number of benzene rings is 1. The van der Waals surface area contributed by atoms with Crippen LogP contribution in [0.3, 0.4) is 0 Å². The second-order valence-corrected chi connectivity index (χ2v) is 4.14. The van der Waals surface area contributed by atoms with Crippen LogP contribution in [0.25, 0.3) is 10.8 Å². The van der Waals surface area contributed by atoms with Crippen LogP contribution < -0.4 is 5.32 Å². The van der Waals surface area contributed by atoms with E-state index in [1.165, 1.54) is 16.3 Å². The second kappa shape index (κ2) is 4.20. The summed E-state index contributed by atoms with van der Waals surface area (Å²) in [4.78, 5) is 4.26. The molecule has 2 heterocycles. The minimum atomic E-state index is 0.513. The molecule has 0 radical (unpaired) electrons. The molecule has 0 saturated carbocycles. The van der Waals surface area contributed by atoms with Gasteiger partial charge in [0, 0.05) is 24.3 Å². The van der Waals surface area contributed by atoms with Gasteiger partial charge in [0.25, 0.3) is 0 Å². The summed E-state index contributed by atoms with van der Waals surface area (Å²) in [6.45, 7) is 2.53. The Labute approximate surface area is 94.5 Å². The van der Waals surface area contributed by atoms with Gasteiger partial charge in [-0.05, 0) is 10.9 Å². The van der Waals surface area contributed by atoms with Gasteiger partial charge in [-0.3, -0.25) is 4.98 Å². The highest BCUT2D eigenvalue weighted by atomic mass is 16.5. The van der Waals surface area contributed by atoms with Crippen molar-refractivity contribution in [2.75, 3.05) is 13.2 Å². The van der Waals surface area contributed by atoms with Gasteiger partial charge < -0.3 is 10.1 Å². The zero-order valence-corrected chi connectivity index (χ0v) is 9.02. The van der Waals surface area contributed by atoms with Gasteiger partial charge in [0.1, 0.15) is 0 Å². The van der Waals surface area contributed by atoms with Crippen LogP contribution in [0.15, 0.2) is 36.7 Å². The number of pyridine rings is 1. The monoisotopic (exact) mass is 214 g/mol. The molecule has 1 saturated heterocycles. The fraction of sp³-hybridized carbons (Fsp3) is 0.308. The molecule has 2 aromatic rings. The van der Waals surface area contributed by atoms with Crippen LogP contribution in [-0.2, 0) is 11.3 Å². The van der Waals surface area contributed by atoms with E-state index in [-0.39, 0.29) is 0 Å². The third kappa shape index (κ3) is 1.79. The number of hydrogen-bond donors (Lipinski definition) is 1. The van der Waals surface area contributed by atoms with E-state index in [4.69, 9.17) is 4.74 Å². The van der Waals surface area contributed by atoms with Crippen molar-refractivity contribution in [2.24, 2.45) is 0 Å². The zero-order chi connectivity index (χ0) is 10.8. The first kappa shape index (κ1) is 9.75. The van der Waals surface area contributed by atoms with Gasteiger partial charge in [0.15, 0.2) is 0 Å². The second-order valence-electron chi connectivity index (χ2n) is 4.14. The number of nitrogens with one attached hydrogen (secondary N) is 1. The van der Waals surface area contributed by atoms with Crippen LogP contribution in [0.4, 0.5) is 0 Å². The molecule has 0 amide bonds. The number of nitrogens with zero attached hydrogens (tertiary/aromatic N) is 1. The number of aromatic nitrogens is 1. The van der Waals surface area contributed by atoms with Crippen molar-refractivity contribution >= 4 is 10.8 Å². The SMILES string of the molecule is c1ccc2c(CNC3COC3)cncc2c1. The normalized spacial score (nSPS) is 16.2. The highest BCUT2D eigenvalue weighted by molar-refractivity contribution is 5.84. The molecule has 1 fully saturated rings. The largest absolute Gasteiger partial charge is 0.378 e. The average Bonchev–Trinajstić information content (AvgIpc) is 2.27. The predicted octanol–water partition coefficient (Wildman–Crippen LogP) is 1.72. The van der Waals surface area contributed by atoms with E-state index >= 15 is 0 Å². The summed E-state index contributed by atoms with van der Waals surface area (Å²) >= 11 is 0. The van der Waals surface area contributed by atoms with Gasteiger partial charge >= 0.3 is 0 Å². The first-order valence-corrected chi connectivity index (χ1v) is 5.56. The van der Waals surface area contributed by atoms with Crippen molar-refractivity contribution in [3.8, 4) is 0 Å². The van der Waals surface area contributed by atoms with Crippen LogP contribution in [0.1, 0.15) is 5.56 Å². The Balaban J connectivity index is 1.84. The van der Waals surface area contributed by atoms with Crippen LogP contribution >= 0.6 is 0 Å². The summed E-state index contributed by atoms with van der Waals surface area (Å²) in [6.07, 6.45) is 3.85. The molecule has 0 unspecified atom stereocenters. The lowest BCUT2D eigenvalue weighted by Gasteiger charge is -2.27. The first-order chi connectivity index (χ1) is 7.93. The summed E-state index contributed by atoms with van der Waals surface area (Å²) in [5.41, 5.74) is 1.25. The number of ether oxygens (including phenoxy) is 1. The zero-order valence-electron chi connectivity index (χ0n) is 9.02. The van der Waals surface area contributed by atoms with Gasteiger partial charge in [0.05, 0.1) is 19.3 Å². The van der Waals surface area contributed by atoms with Gasteiger partial charge in [-0.15, -0.1) is 0 Å². The highest BCUT2D eigenvalue weighted by Crippen LogP contribution is 2.17. The van der Waals surface area contributed by atoms with E-state index < -0.39 is 0 Å². The molecule has 1 aromatic heterocycles. The van der Waals surface area contributed by atoms with Crippen LogP contribution in [-0.4, -0.2) is 24.2 Å². The minimum Gasteiger partial charge on any atom is -0.378 e. The van der Waals surface area contributed by atoms with Crippen molar-refractivity contribution in [2.45, 2.75) is 12.6 Å². The number of fused-ring (bicyclic) bond motifs is 1. The molecular weight excluding hydrogens is 200 g/mol. The van der Waals surface area contributed by atoms with Gasteiger partial charge in [-0.2, -0.15) is 0 Å². The average molecular weight is 214 g/mol. The van der Waals surface area contributed by atoms with Gasteiger partial charge in [0.2, 0.25) is 0 Å².